The molecule has 2 aromatic rings. The lowest BCUT2D eigenvalue weighted by molar-refractivity contribution is 0.185. The van der Waals surface area contributed by atoms with E-state index in [1.54, 1.807) is 25.1 Å². The molecule has 0 atom stereocenters. The van der Waals surface area contributed by atoms with Crippen LogP contribution in [0.3, 0.4) is 0 Å². The minimum absolute atomic E-state index is 0.0177. The average Bonchev–Trinajstić information content (AvgIpc) is 2.73. The number of benzene rings is 1. The molecule has 114 valence electrons. The van der Waals surface area contributed by atoms with Crippen molar-refractivity contribution in [3.63, 3.8) is 0 Å². The molecule has 21 heavy (non-hydrogen) atoms. The monoisotopic (exact) mass is 392 g/mol. The van der Waals surface area contributed by atoms with Gasteiger partial charge in [0, 0.05) is 22.8 Å². The van der Waals surface area contributed by atoms with Crippen molar-refractivity contribution in [2.24, 2.45) is 0 Å². The van der Waals surface area contributed by atoms with Crippen molar-refractivity contribution in [2.45, 2.75) is 17.7 Å². The molecule has 0 aliphatic rings. The van der Waals surface area contributed by atoms with Crippen LogP contribution in [0.25, 0.3) is 0 Å². The SMILES string of the molecule is COCc1c(Br)cccc1NS(=O)(=O)c1sc(=O)[nH]c1C. The molecule has 6 nitrogen and oxygen atoms in total. The lowest BCUT2D eigenvalue weighted by atomic mass is 10.2. The fraction of sp³-hybridized carbons (Fsp3) is 0.250. The minimum atomic E-state index is -3.82. The summed E-state index contributed by atoms with van der Waals surface area (Å²) in [5.41, 5.74) is 1.41. The lowest BCUT2D eigenvalue weighted by Crippen LogP contribution is -2.14. The zero-order valence-corrected chi connectivity index (χ0v) is 14.5. The van der Waals surface area contributed by atoms with Crippen LogP contribution in [-0.2, 0) is 21.4 Å². The second-order valence-electron chi connectivity index (χ2n) is 4.23. The number of H-pyrrole nitrogens is 1. The first-order valence-corrected chi connectivity index (χ1v) is 8.93. The van der Waals surface area contributed by atoms with E-state index in [9.17, 15) is 13.2 Å². The van der Waals surface area contributed by atoms with Gasteiger partial charge in [-0.15, -0.1) is 0 Å². The van der Waals surface area contributed by atoms with Crippen LogP contribution in [0.5, 0.6) is 0 Å². The highest BCUT2D eigenvalue weighted by Gasteiger charge is 2.22. The van der Waals surface area contributed by atoms with Gasteiger partial charge in [-0.1, -0.05) is 33.3 Å². The number of halogens is 1. The molecule has 0 spiro atoms. The van der Waals surface area contributed by atoms with Gasteiger partial charge in [0.25, 0.3) is 10.0 Å². The third kappa shape index (κ3) is 3.54. The van der Waals surface area contributed by atoms with Gasteiger partial charge in [-0.25, -0.2) is 8.42 Å². The Morgan fingerprint density at radius 3 is 2.71 bits per heavy atom. The molecule has 0 aliphatic heterocycles. The van der Waals surface area contributed by atoms with E-state index in [2.05, 4.69) is 25.6 Å². The standard InChI is InChI=1S/C12H13BrN2O4S2/c1-7-11(20-12(16)14-7)21(17,18)15-10-5-3-4-9(13)8(10)6-19-2/h3-5,15H,6H2,1-2H3,(H,14,16). The summed E-state index contributed by atoms with van der Waals surface area (Å²) in [5, 5.41) is 0. The number of aromatic amines is 1. The van der Waals surface area contributed by atoms with Crippen molar-refractivity contribution in [3.05, 3.63) is 43.6 Å². The average molecular weight is 393 g/mol. The molecule has 0 saturated carbocycles. The van der Waals surface area contributed by atoms with E-state index >= 15 is 0 Å². The topological polar surface area (TPSA) is 88.3 Å². The highest BCUT2D eigenvalue weighted by molar-refractivity contribution is 9.10. The Hall–Kier alpha value is -1.16. The number of methoxy groups -OCH3 is 1. The third-order valence-corrected chi connectivity index (χ3v) is 6.39. The first-order valence-electron chi connectivity index (χ1n) is 5.84. The van der Waals surface area contributed by atoms with Gasteiger partial charge in [-0.2, -0.15) is 0 Å². The summed E-state index contributed by atoms with van der Waals surface area (Å²) in [5.74, 6) is 0. The van der Waals surface area contributed by atoms with Gasteiger partial charge in [-0.05, 0) is 19.1 Å². The van der Waals surface area contributed by atoms with E-state index in [1.807, 2.05) is 0 Å². The number of thiazole rings is 1. The summed E-state index contributed by atoms with van der Waals surface area (Å²) in [4.78, 5) is 13.3. The molecule has 9 heteroatoms. The van der Waals surface area contributed by atoms with E-state index in [-0.39, 0.29) is 10.8 Å². The van der Waals surface area contributed by atoms with Gasteiger partial charge in [0.05, 0.1) is 12.3 Å². The smallest absolute Gasteiger partial charge is 0.306 e. The van der Waals surface area contributed by atoms with Gasteiger partial charge in [0.1, 0.15) is 0 Å². The Labute approximate surface area is 134 Å². The molecule has 2 rings (SSSR count). The molecule has 0 aliphatic carbocycles. The van der Waals surface area contributed by atoms with Crippen molar-refractivity contribution in [1.29, 1.82) is 0 Å². The fourth-order valence-corrected chi connectivity index (χ4v) is 4.66. The number of hydrogen-bond donors (Lipinski definition) is 2. The number of anilines is 1. The van der Waals surface area contributed by atoms with Crippen molar-refractivity contribution in [1.82, 2.24) is 4.98 Å². The molecule has 1 heterocycles. The molecule has 0 saturated heterocycles. The van der Waals surface area contributed by atoms with Gasteiger partial charge >= 0.3 is 4.87 Å². The Kier molecular flexibility index (Phi) is 4.87. The Bertz CT molecular complexity index is 811. The molecule has 0 radical (unpaired) electrons. The minimum Gasteiger partial charge on any atom is -0.380 e. The first-order chi connectivity index (χ1) is 9.85. The number of sulfonamides is 1. The van der Waals surface area contributed by atoms with Gasteiger partial charge in [0.15, 0.2) is 4.21 Å². The Balaban J connectivity index is 2.44. The third-order valence-electron chi connectivity index (χ3n) is 2.68. The zero-order chi connectivity index (χ0) is 15.6. The van der Waals surface area contributed by atoms with Crippen LogP contribution < -0.4 is 9.60 Å². The molecule has 1 aromatic heterocycles. The van der Waals surface area contributed by atoms with Crippen LogP contribution >= 0.6 is 27.3 Å². The molecular formula is C12H13BrN2O4S2. The van der Waals surface area contributed by atoms with Crippen molar-refractivity contribution >= 4 is 43.0 Å². The van der Waals surface area contributed by atoms with E-state index in [4.69, 9.17) is 4.74 Å². The first kappa shape index (κ1) is 16.2. The fourth-order valence-electron chi connectivity index (χ4n) is 1.78. The number of ether oxygens (including phenoxy) is 1. The largest absolute Gasteiger partial charge is 0.380 e. The summed E-state index contributed by atoms with van der Waals surface area (Å²) < 4.78 is 33.1. The Morgan fingerprint density at radius 1 is 1.43 bits per heavy atom. The maximum Gasteiger partial charge on any atom is 0.306 e. The molecule has 0 bridgehead atoms. The molecule has 0 unspecified atom stereocenters. The summed E-state index contributed by atoms with van der Waals surface area (Å²) in [6.45, 7) is 1.80. The van der Waals surface area contributed by atoms with E-state index in [1.165, 1.54) is 7.11 Å². The molecule has 2 N–H and O–H groups in total. The maximum atomic E-state index is 12.4. The normalized spacial score (nSPS) is 11.6. The molecule has 1 aromatic carbocycles. The van der Waals surface area contributed by atoms with Crippen LogP contribution in [-0.4, -0.2) is 20.5 Å². The van der Waals surface area contributed by atoms with Crippen molar-refractivity contribution < 1.29 is 13.2 Å². The van der Waals surface area contributed by atoms with Gasteiger partial charge in [0.2, 0.25) is 0 Å². The predicted molar refractivity (Wildman–Crippen MR) is 85.3 cm³/mol. The van der Waals surface area contributed by atoms with Crippen LogP contribution in [0.15, 0.2) is 31.7 Å². The van der Waals surface area contributed by atoms with Crippen LogP contribution in [0, 0.1) is 6.92 Å². The maximum absolute atomic E-state index is 12.4. The summed E-state index contributed by atoms with van der Waals surface area (Å²) in [7, 11) is -2.29. The molecule has 0 fully saturated rings. The predicted octanol–water partition coefficient (Wildman–Crippen LogP) is 2.45. The highest BCUT2D eigenvalue weighted by Crippen LogP contribution is 2.28. The Morgan fingerprint density at radius 2 is 2.14 bits per heavy atom. The lowest BCUT2D eigenvalue weighted by Gasteiger charge is -2.13. The molecule has 0 amide bonds. The second kappa shape index (κ2) is 6.30. The number of aryl methyl sites for hydroxylation is 1. The summed E-state index contributed by atoms with van der Waals surface area (Å²) in [6, 6.07) is 5.15. The van der Waals surface area contributed by atoms with E-state index in [0.717, 1.165) is 4.47 Å². The zero-order valence-electron chi connectivity index (χ0n) is 11.3. The molecular weight excluding hydrogens is 380 g/mol. The number of nitrogens with one attached hydrogen (secondary N) is 2. The summed E-state index contributed by atoms with van der Waals surface area (Å²) >= 11 is 4.02. The van der Waals surface area contributed by atoms with E-state index < -0.39 is 14.9 Å². The number of aromatic nitrogens is 1. The van der Waals surface area contributed by atoms with Crippen molar-refractivity contribution in [2.75, 3.05) is 11.8 Å². The second-order valence-corrected chi connectivity index (χ2v) is 7.95. The van der Waals surface area contributed by atoms with Crippen LogP contribution in [0.2, 0.25) is 0 Å². The highest BCUT2D eigenvalue weighted by atomic mass is 79.9. The van der Waals surface area contributed by atoms with E-state index in [0.29, 0.717) is 28.3 Å². The van der Waals surface area contributed by atoms with Gasteiger partial charge in [-0.3, -0.25) is 9.52 Å². The van der Waals surface area contributed by atoms with Gasteiger partial charge < -0.3 is 9.72 Å². The van der Waals surface area contributed by atoms with Crippen LogP contribution in [0.4, 0.5) is 5.69 Å². The quantitative estimate of drug-likeness (QED) is 0.817. The summed E-state index contributed by atoms with van der Waals surface area (Å²) in [6.07, 6.45) is 0. The number of hydrogen-bond acceptors (Lipinski definition) is 5. The van der Waals surface area contributed by atoms with Crippen LogP contribution in [0.1, 0.15) is 11.3 Å². The number of rotatable bonds is 5. The van der Waals surface area contributed by atoms with Crippen molar-refractivity contribution in [3.8, 4) is 0 Å².